The maximum atomic E-state index is 13.9. The number of carbonyl (C=O) groups excluding carboxylic acids is 3. The maximum Gasteiger partial charge on any atom is 0.300 e. The van der Waals surface area contributed by atoms with Gasteiger partial charge in [-0.1, -0.05) is 32.0 Å². The minimum absolute atomic E-state index is 0.0164. The number of carboxylic acids is 1. The van der Waals surface area contributed by atoms with E-state index in [1.165, 1.54) is 0 Å². The molecule has 3 aromatic rings. The van der Waals surface area contributed by atoms with Crippen LogP contribution in [0.1, 0.15) is 63.3 Å². The van der Waals surface area contributed by atoms with Gasteiger partial charge in [-0.3, -0.25) is 24.1 Å². The summed E-state index contributed by atoms with van der Waals surface area (Å²) in [5.74, 6) is 0.185. The normalized spacial score (nSPS) is 21.7. The monoisotopic (exact) mass is 652 g/mol. The van der Waals surface area contributed by atoms with Gasteiger partial charge < -0.3 is 30.4 Å². The van der Waals surface area contributed by atoms with Gasteiger partial charge in [0.25, 0.3) is 5.97 Å². The van der Waals surface area contributed by atoms with Crippen LogP contribution >= 0.6 is 0 Å². The van der Waals surface area contributed by atoms with Crippen LogP contribution in [0, 0.1) is 12.8 Å². The lowest BCUT2D eigenvalue weighted by Crippen LogP contribution is -2.54. The number of para-hydroxylation sites is 1. The SMILES string of the molecule is CC(=O)O.Cc1nc2n(n1)CCN(C(=O)[C@@H]1COCCN1C)CCCC(=O)N[C@H](Cc1c[nH]c3ccccc13)C(=O)NC2CC(C)C. The van der Waals surface area contributed by atoms with Crippen molar-refractivity contribution < 1.29 is 29.0 Å². The van der Waals surface area contributed by atoms with E-state index >= 15 is 0 Å². The second kappa shape index (κ2) is 16.5. The highest BCUT2D eigenvalue weighted by molar-refractivity contribution is 5.90. The number of amides is 3. The highest BCUT2D eigenvalue weighted by atomic mass is 16.5. The second-order valence-electron chi connectivity index (χ2n) is 12.6. The van der Waals surface area contributed by atoms with Gasteiger partial charge in [-0.15, -0.1) is 0 Å². The molecule has 1 aromatic carbocycles. The Labute approximate surface area is 275 Å². The molecule has 2 aromatic heterocycles. The van der Waals surface area contributed by atoms with Gasteiger partial charge in [-0.25, -0.2) is 9.67 Å². The average Bonchev–Trinajstić information content (AvgIpc) is 3.60. The molecule has 3 amide bonds. The van der Waals surface area contributed by atoms with Crippen molar-refractivity contribution in [3.63, 3.8) is 0 Å². The number of aliphatic carboxylic acids is 1. The van der Waals surface area contributed by atoms with Gasteiger partial charge in [0.2, 0.25) is 17.7 Å². The highest BCUT2D eigenvalue weighted by Gasteiger charge is 2.32. The Morgan fingerprint density at radius 2 is 1.83 bits per heavy atom. The second-order valence-corrected chi connectivity index (χ2v) is 12.6. The number of carbonyl (C=O) groups is 4. The number of H-pyrrole nitrogens is 1. The van der Waals surface area contributed by atoms with E-state index in [4.69, 9.17) is 19.6 Å². The fraction of sp³-hybridized carbons (Fsp3) is 0.576. The summed E-state index contributed by atoms with van der Waals surface area (Å²) < 4.78 is 7.45. The van der Waals surface area contributed by atoms with Crippen LogP contribution in [0.25, 0.3) is 10.9 Å². The molecule has 5 rings (SSSR count). The van der Waals surface area contributed by atoms with Crippen molar-refractivity contribution in [2.45, 2.75) is 78.0 Å². The lowest BCUT2D eigenvalue weighted by atomic mass is 10.0. The minimum atomic E-state index is -0.833. The molecule has 0 aliphatic carbocycles. The number of aryl methyl sites for hydroxylation is 1. The zero-order valence-electron chi connectivity index (χ0n) is 28.0. The van der Waals surface area contributed by atoms with Gasteiger partial charge in [0, 0.05) is 56.5 Å². The number of ether oxygens (including phenoxy) is 1. The molecule has 14 nitrogen and oxygen atoms in total. The number of hydrogen-bond donors (Lipinski definition) is 4. The van der Waals surface area contributed by atoms with Crippen molar-refractivity contribution in [2.75, 3.05) is 39.9 Å². The molecule has 2 aliphatic rings. The van der Waals surface area contributed by atoms with Crippen LogP contribution in [0.3, 0.4) is 0 Å². The predicted molar refractivity (Wildman–Crippen MR) is 175 cm³/mol. The summed E-state index contributed by atoms with van der Waals surface area (Å²) >= 11 is 0. The van der Waals surface area contributed by atoms with Crippen LogP contribution in [0.2, 0.25) is 0 Å². The van der Waals surface area contributed by atoms with Crippen molar-refractivity contribution >= 4 is 34.6 Å². The topological polar surface area (TPSA) is 175 Å². The quantitative estimate of drug-likeness (QED) is 0.322. The summed E-state index contributed by atoms with van der Waals surface area (Å²) in [5, 5.41) is 19.3. The minimum Gasteiger partial charge on any atom is -0.481 e. The summed E-state index contributed by atoms with van der Waals surface area (Å²) in [4.78, 5) is 61.7. The van der Waals surface area contributed by atoms with E-state index in [-0.39, 0.29) is 36.1 Å². The van der Waals surface area contributed by atoms with Gasteiger partial charge in [0.15, 0.2) is 0 Å². The Morgan fingerprint density at radius 3 is 2.55 bits per heavy atom. The van der Waals surface area contributed by atoms with Crippen LogP contribution in [0.4, 0.5) is 0 Å². The highest BCUT2D eigenvalue weighted by Crippen LogP contribution is 2.23. The third-order valence-electron chi connectivity index (χ3n) is 8.30. The third-order valence-corrected chi connectivity index (χ3v) is 8.30. The smallest absolute Gasteiger partial charge is 0.300 e. The molecular formula is C33H48N8O6. The summed E-state index contributed by atoms with van der Waals surface area (Å²) in [6.45, 7) is 9.99. The number of carboxylic acid groups (broad SMARTS) is 1. The molecule has 2 aliphatic heterocycles. The number of rotatable bonds is 5. The molecule has 3 atom stereocenters. The number of nitrogens with one attached hydrogen (secondary N) is 3. The largest absolute Gasteiger partial charge is 0.481 e. The molecule has 0 bridgehead atoms. The lowest BCUT2D eigenvalue weighted by molar-refractivity contribution is -0.142. The summed E-state index contributed by atoms with van der Waals surface area (Å²) in [6, 6.07) is 6.35. The first kappa shape index (κ1) is 35.6. The Kier molecular flexibility index (Phi) is 12.5. The molecule has 1 saturated heterocycles. The van der Waals surface area contributed by atoms with Crippen LogP contribution in [-0.2, 0) is 36.9 Å². The number of nitrogens with zero attached hydrogens (tertiary/aromatic N) is 5. The van der Waals surface area contributed by atoms with E-state index in [9.17, 15) is 14.4 Å². The predicted octanol–water partition coefficient (Wildman–Crippen LogP) is 2.04. The third kappa shape index (κ3) is 9.85. The molecular weight excluding hydrogens is 604 g/mol. The van der Waals surface area contributed by atoms with Crippen LogP contribution in [-0.4, -0.2) is 110 Å². The van der Waals surface area contributed by atoms with Gasteiger partial charge in [0.1, 0.15) is 23.7 Å². The number of hydrogen-bond acceptors (Lipinski definition) is 8. The van der Waals surface area contributed by atoms with Gasteiger partial charge in [-0.2, -0.15) is 5.10 Å². The van der Waals surface area contributed by atoms with Crippen LogP contribution < -0.4 is 10.6 Å². The first-order chi connectivity index (χ1) is 22.4. The van der Waals surface area contributed by atoms with Crippen molar-refractivity contribution in [3.8, 4) is 0 Å². The number of aromatic nitrogens is 4. The van der Waals surface area contributed by atoms with E-state index in [1.807, 2.05) is 58.9 Å². The average molecular weight is 653 g/mol. The van der Waals surface area contributed by atoms with Crippen LogP contribution in [0.5, 0.6) is 0 Å². The maximum absolute atomic E-state index is 13.9. The van der Waals surface area contributed by atoms with Crippen molar-refractivity contribution in [2.24, 2.45) is 5.92 Å². The van der Waals surface area contributed by atoms with E-state index in [0.29, 0.717) is 70.3 Å². The summed E-state index contributed by atoms with van der Waals surface area (Å²) in [5.41, 5.74) is 1.93. The first-order valence-electron chi connectivity index (χ1n) is 16.2. The molecule has 4 N–H and O–H groups in total. The lowest BCUT2D eigenvalue weighted by Gasteiger charge is -2.35. The van der Waals surface area contributed by atoms with Crippen molar-refractivity contribution in [3.05, 3.63) is 47.7 Å². The number of likely N-dealkylation sites (N-methyl/N-ethyl adjacent to an activating group) is 1. The van der Waals surface area contributed by atoms with Crippen LogP contribution in [0.15, 0.2) is 30.5 Å². The number of fused-ring (bicyclic) bond motifs is 2. The molecule has 0 saturated carbocycles. The number of aromatic amines is 1. The zero-order chi connectivity index (χ0) is 34.1. The molecule has 47 heavy (non-hydrogen) atoms. The molecule has 256 valence electrons. The summed E-state index contributed by atoms with van der Waals surface area (Å²) in [6.07, 6.45) is 3.54. The van der Waals surface area contributed by atoms with E-state index < -0.39 is 18.1 Å². The fourth-order valence-electron chi connectivity index (χ4n) is 6.00. The van der Waals surface area contributed by atoms with E-state index in [0.717, 1.165) is 23.4 Å². The molecule has 1 unspecified atom stereocenters. The van der Waals surface area contributed by atoms with Gasteiger partial charge >= 0.3 is 0 Å². The first-order valence-corrected chi connectivity index (χ1v) is 16.2. The standard InChI is InChI=1S/C31H44N8O4.C2H4O2/c1-20(2)16-25-29-33-21(3)36-39(29)13-12-38(31(42)27-19-43-15-14-37(27)4)11-7-10-28(40)34-26(30(41)35-25)17-22-18-32-24-9-6-5-8-23(22)24;1-2(3)4/h5-6,8-9,18,20,25-27,32H,7,10-17,19H2,1-4H3,(H,34,40)(H,35,41);1H3,(H,3,4)/t25?,26-,27+;/m1./s1. The fourth-order valence-corrected chi connectivity index (χ4v) is 6.00. The molecule has 4 heterocycles. The van der Waals surface area contributed by atoms with Crippen molar-refractivity contribution in [1.82, 2.24) is 40.2 Å². The Hall–Kier alpha value is -4.30. The number of benzene rings is 1. The Balaban J connectivity index is 0.00000118. The zero-order valence-corrected chi connectivity index (χ0v) is 28.0. The molecule has 0 spiro atoms. The van der Waals surface area contributed by atoms with E-state index in [2.05, 4.69) is 34.6 Å². The Bertz CT molecular complexity index is 1530. The molecule has 0 radical (unpaired) electrons. The molecule has 14 heteroatoms. The summed E-state index contributed by atoms with van der Waals surface area (Å²) in [7, 11) is 1.94. The Morgan fingerprint density at radius 1 is 1.09 bits per heavy atom. The number of morpholine rings is 1. The van der Waals surface area contributed by atoms with Crippen molar-refractivity contribution in [1.29, 1.82) is 0 Å². The molecule has 1 fully saturated rings. The van der Waals surface area contributed by atoms with E-state index in [1.54, 1.807) is 0 Å². The van der Waals surface area contributed by atoms with Gasteiger partial charge in [-0.05, 0) is 44.4 Å². The van der Waals surface area contributed by atoms with Gasteiger partial charge in [0.05, 0.1) is 25.8 Å².